The fourth-order valence-electron chi connectivity index (χ4n) is 1.67. The maximum atomic E-state index is 11.6. The third-order valence-electron chi connectivity index (χ3n) is 2.96. The number of anilines is 1. The van der Waals surface area contributed by atoms with Crippen LogP contribution in [0.4, 0.5) is 5.69 Å². The van der Waals surface area contributed by atoms with Crippen LogP contribution in [0.15, 0.2) is 18.2 Å². The molecule has 1 N–H and O–H groups in total. The van der Waals surface area contributed by atoms with Gasteiger partial charge in [0.25, 0.3) is 5.91 Å². The maximum absolute atomic E-state index is 11.6. The molecule has 0 saturated heterocycles. The van der Waals surface area contributed by atoms with Gasteiger partial charge in [-0.15, -0.1) is 0 Å². The van der Waals surface area contributed by atoms with E-state index in [0.717, 1.165) is 6.42 Å². The Kier molecular flexibility index (Phi) is 4.32. The number of ether oxygens (including phenoxy) is 1. The van der Waals surface area contributed by atoms with Crippen molar-refractivity contribution in [3.63, 3.8) is 0 Å². The monoisotopic (exact) mass is 301 g/mol. The third-order valence-corrected chi connectivity index (χ3v) is 3.51. The highest BCUT2D eigenvalue weighted by Crippen LogP contribution is 2.38. The standard InChI is InChI=1S/C13H13Cl2NO3/c1-7-4-9(7)13(18)19-6-12(17)16-11-3-2-8(14)5-10(11)15/h2-3,5,7,9H,4,6H2,1H3,(H,16,17)/t7-,9+/m0/s1. The van der Waals surface area contributed by atoms with Gasteiger partial charge in [0.2, 0.25) is 0 Å². The second-order valence-electron chi connectivity index (χ2n) is 4.60. The zero-order valence-corrected chi connectivity index (χ0v) is 11.8. The predicted molar refractivity (Wildman–Crippen MR) is 73.3 cm³/mol. The quantitative estimate of drug-likeness (QED) is 0.869. The first-order valence-electron chi connectivity index (χ1n) is 5.89. The molecule has 0 bridgehead atoms. The first-order chi connectivity index (χ1) is 8.97. The Morgan fingerprint density at radius 3 is 2.68 bits per heavy atom. The number of amides is 1. The van der Waals surface area contributed by atoms with Gasteiger partial charge in [0.05, 0.1) is 16.6 Å². The number of carbonyl (C=O) groups excluding carboxylic acids is 2. The van der Waals surface area contributed by atoms with Gasteiger partial charge in [0.1, 0.15) is 0 Å². The van der Waals surface area contributed by atoms with Crippen molar-refractivity contribution in [3.05, 3.63) is 28.2 Å². The molecule has 2 rings (SSSR count). The fourth-order valence-corrected chi connectivity index (χ4v) is 2.13. The number of nitrogens with one attached hydrogen (secondary N) is 1. The number of halogens is 2. The van der Waals surface area contributed by atoms with Gasteiger partial charge in [-0.2, -0.15) is 0 Å². The summed E-state index contributed by atoms with van der Waals surface area (Å²) in [6, 6.07) is 4.73. The average molecular weight is 302 g/mol. The zero-order valence-electron chi connectivity index (χ0n) is 10.3. The maximum Gasteiger partial charge on any atom is 0.309 e. The summed E-state index contributed by atoms with van der Waals surface area (Å²) < 4.78 is 4.91. The van der Waals surface area contributed by atoms with E-state index in [1.807, 2.05) is 6.92 Å². The Morgan fingerprint density at radius 2 is 2.11 bits per heavy atom. The van der Waals surface area contributed by atoms with Crippen LogP contribution in [0.1, 0.15) is 13.3 Å². The molecule has 0 aliphatic heterocycles. The molecule has 1 amide bonds. The normalized spacial score (nSPS) is 20.8. The highest BCUT2D eigenvalue weighted by molar-refractivity contribution is 6.36. The van der Waals surface area contributed by atoms with E-state index >= 15 is 0 Å². The molecule has 1 fully saturated rings. The van der Waals surface area contributed by atoms with Crippen LogP contribution in [0.5, 0.6) is 0 Å². The molecule has 0 spiro atoms. The van der Waals surface area contributed by atoms with Crippen molar-refractivity contribution >= 4 is 40.8 Å². The summed E-state index contributed by atoms with van der Waals surface area (Å²) in [6.07, 6.45) is 0.837. The summed E-state index contributed by atoms with van der Waals surface area (Å²) in [6.45, 7) is 1.67. The van der Waals surface area contributed by atoms with Gasteiger partial charge in [-0.25, -0.2) is 0 Å². The van der Waals surface area contributed by atoms with E-state index in [9.17, 15) is 9.59 Å². The molecule has 0 unspecified atom stereocenters. The van der Waals surface area contributed by atoms with Crippen LogP contribution in [-0.2, 0) is 14.3 Å². The van der Waals surface area contributed by atoms with E-state index in [0.29, 0.717) is 21.7 Å². The molecule has 102 valence electrons. The average Bonchev–Trinajstić information content (AvgIpc) is 3.07. The summed E-state index contributed by atoms with van der Waals surface area (Å²) in [5, 5.41) is 3.38. The summed E-state index contributed by atoms with van der Waals surface area (Å²) in [7, 11) is 0. The molecule has 2 atom stereocenters. The van der Waals surface area contributed by atoms with Crippen molar-refractivity contribution in [3.8, 4) is 0 Å². The van der Waals surface area contributed by atoms with Gasteiger partial charge in [-0.05, 0) is 30.5 Å². The van der Waals surface area contributed by atoms with Crippen molar-refractivity contribution in [2.75, 3.05) is 11.9 Å². The smallest absolute Gasteiger partial charge is 0.309 e. The molecule has 0 heterocycles. The molecule has 4 nitrogen and oxygen atoms in total. The van der Waals surface area contributed by atoms with Gasteiger partial charge in [-0.1, -0.05) is 30.1 Å². The molecule has 19 heavy (non-hydrogen) atoms. The van der Waals surface area contributed by atoms with E-state index in [4.69, 9.17) is 27.9 Å². The van der Waals surface area contributed by atoms with Crippen molar-refractivity contribution in [2.24, 2.45) is 11.8 Å². The Hall–Kier alpha value is -1.26. The van der Waals surface area contributed by atoms with E-state index < -0.39 is 5.91 Å². The minimum Gasteiger partial charge on any atom is -0.455 e. The predicted octanol–water partition coefficient (Wildman–Crippen LogP) is 3.13. The van der Waals surface area contributed by atoms with Crippen molar-refractivity contribution in [1.29, 1.82) is 0 Å². The van der Waals surface area contributed by atoms with Gasteiger partial charge in [0.15, 0.2) is 6.61 Å². The number of esters is 1. The van der Waals surface area contributed by atoms with Crippen LogP contribution in [0, 0.1) is 11.8 Å². The summed E-state index contributed by atoms with van der Waals surface area (Å²) in [4.78, 5) is 23.0. The van der Waals surface area contributed by atoms with Crippen LogP contribution in [0.3, 0.4) is 0 Å². The summed E-state index contributed by atoms with van der Waals surface area (Å²) >= 11 is 11.7. The second kappa shape index (κ2) is 5.80. The lowest BCUT2D eigenvalue weighted by Crippen LogP contribution is -2.21. The highest BCUT2D eigenvalue weighted by Gasteiger charge is 2.40. The van der Waals surface area contributed by atoms with Crippen LogP contribution in [-0.4, -0.2) is 18.5 Å². The molecule has 6 heteroatoms. The summed E-state index contributed by atoms with van der Waals surface area (Å²) in [5.74, 6) is -0.427. The molecule has 1 saturated carbocycles. The zero-order chi connectivity index (χ0) is 14.0. The Bertz CT molecular complexity index is 519. The fraction of sp³-hybridized carbons (Fsp3) is 0.385. The van der Waals surface area contributed by atoms with Gasteiger partial charge >= 0.3 is 5.97 Å². The van der Waals surface area contributed by atoms with Gasteiger partial charge in [0, 0.05) is 5.02 Å². The molecule has 0 aromatic heterocycles. The Morgan fingerprint density at radius 1 is 1.42 bits per heavy atom. The van der Waals surface area contributed by atoms with Crippen LogP contribution < -0.4 is 5.32 Å². The topological polar surface area (TPSA) is 55.4 Å². The molecule has 1 aliphatic rings. The number of carbonyl (C=O) groups is 2. The van der Waals surface area contributed by atoms with E-state index in [-0.39, 0.29) is 18.5 Å². The number of benzene rings is 1. The molecular weight excluding hydrogens is 289 g/mol. The lowest BCUT2D eigenvalue weighted by molar-refractivity contribution is -0.148. The summed E-state index contributed by atoms with van der Waals surface area (Å²) in [5.41, 5.74) is 0.437. The van der Waals surface area contributed by atoms with Crippen molar-refractivity contribution in [1.82, 2.24) is 0 Å². The minimum absolute atomic E-state index is 0.0491. The number of rotatable bonds is 4. The minimum atomic E-state index is -0.425. The lowest BCUT2D eigenvalue weighted by atomic mass is 10.3. The molecule has 0 radical (unpaired) electrons. The highest BCUT2D eigenvalue weighted by atomic mass is 35.5. The van der Waals surface area contributed by atoms with E-state index in [1.54, 1.807) is 12.1 Å². The van der Waals surface area contributed by atoms with Crippen molar-refractivity contribution in [2.45, 2.75) is 13.3 Å². The van der Waals surface area contributed by atoms with Crippen LogP contribution >= 0.6 is 23.2 Å². The van der Waals surface area contributed by atoms with E-state index in [1.165, 1.54) is 6.07 Å². The first kappa shape index (κ1) is 14.2. The Balaban J connectivity index is 1.82. The molecule has 1 aromatic carbocycles. The number of hydrogen-bond donors (Lipinski definition) is 1. The largest absolute Gasteiger partial charge is 0.455 e. The molecule has 1 aliphatic carbocycles. The molecule has 1 aromatic rings. The number of hydrogen-bond acceptors (Lipinski definition) is 3. The SMILES string of the molecule is C[C@H]1C[C@H]1C(=O)OCC(=O)Nc1ccc(Cl)cc1Cl. The lowest BCUT2D eigenvalue weighted by Gasteiger charge is -2.08. The van der Waals surface area contributed by atoms with Crippen LogP contribution in [0.2, 0.25) is 10.0 Å². The van der Waals surface area contributed by atoms with Crippen LogP contribution in [0.25, 0.3) is 0 Å². The second-order valence-corrected chi connectivity index (χ2v) is 5.44. The Labute approximate surface area is 121 Å². The van der Waals surface area contributed by atoms with Gasteiger partial charge in [-0.3, -0.25) is 9.59 Å². The van der Waals surface area contributed by atoms with Crippen molar-refractivity contribution < 1.29 is 14.3 Å². The van der Waals surface area contributed by atoms with Gasteiger partial charge < -0.3 is 10.1 Å². The third kappa shape index (κ3) is 3.85. The first-order valence-corrected chi connectivity index (χ1v) is 6.64. The van der Waals surface area contributed by atoms with E-state index in [2.05, 4.69) is 5.32 Å². The molecular formula is C13H13Cl2NO3.